The maximum Gasteiger partial charge on any atom is 0.311 e. The van der Waals surface area contributed by atoms with Crippen LogP contribution >= 0.6 is 11.3 Å². The van der Waals surface area contributed by atoms with E-state index < -0.39 is 5.97 Å². The fourth-order valence-electron chi connectivity index (χ4n) is 1.89. The van der Waals surface area contributed by atoms with Gasteiger partial charge < -0.3 is 10.1 Å². The maximum atomic E-state index is 11.8. The number of hydrogen-bond acceptors (Lipinski definition) is 4. The van der Waals surface area contributed by atoms with Gasteiger partial charge >= 0.3 is 5.97 Å². The molecule has 0 saturated carbocycles. The van der Waals surface area contributed by atoms with Crippen molar-refractivity contribution in [3.05, 3.63) is 51.7 Å². The Hall–Kier alpha value is -2.14. The van der Waals surface area contributed by atoms with Crippen LogP contribution in [0.2, 0.25) is 0 Å². The first-order valence-electron chi connectivity index (χ1n) is 6.59. The number of esters is 1. The smallest absolute Gasteiger partial charge is 0.311 e. The Labute approximate surface area is 127 Å². The Kier molecular flexibility index (Phi) is 5.11. The van der Waals surface area contributed by atoms with Gasteiger partial charge in [-0.2, -0.15) is 0 Å². The highest BCUT2D eigenvalue weighted by molar-refractivity contribution is 7.10. The van der Waals surface area contributed by atoms with E-state index in [9.17, 15) is 9.59 Å². The summed E-state index contributed by atoms with van der Waals surface area (Å²) in [4.78, 5) is 24.3. The van der Waals surface area contributed by atoms with Gasteiger partial charge in [-0.1, -0.05) is 23.8 Å². The average molecular weight is 303 g/mol. The topological polar surface area (TPSA) is 55.4 Å². The summed E-state index contributed by atoms with van der Waals surface area (Å²) in [7, 11) is 0. The molecule has 0 bridgehead atoms. The molecule has 0 saturated heterocycles. The number of carbonyl (C=O) groups excluding carboxylic acids is 2. The second kappa shape index (κ2) is 7.04. The third kappa shape index (κ3) is 4.72. The monoisotopic (exact) mass is 303 g/mol. The normalized spacial score (nSPS) is 10.2. The van der Waals surface area contributed by atoms with Crippen molar-refractivity contribution >= 4 is 28.9 Å². The molecule has 1 heterocycles. The molecule has 0 aliphatic heterocycles. The Morgan fingerprint density at radius 2 is 2.05 bits per heavy atom. The van der Waals surface area contributed by atoms with Gasteiger partial charge in [-0.3, -0.25) is 9.59 Å². The van der Waals surface area contributed by atoms with Crippen molar-refractivity contribution < 1.29 is 14.3 Å². The Morgan fingerprint density at radius 3 is 2.71 bits per heavy atom. The van der Waals surface area contributed by atoms with Crippen LogP contribution < -0.4 is 5.32 Å². The van der Waals surface area contributed by atoms with E-state index in [-0.39, 0.29) is 18.9 Å². The van der Waals surface area contributed by atoms with Crippen molar-refractivity contribution in [1.82, 2.24) is 0 Å². The summed E-state index contributed by atoms with van der Waals surface area (Å²) in [6, 6.07) is 9.49. The predicted molar refractivity (Wildman–Crippen MR) is 83.5 cm³/mol. The van der Waals surface area contributed by atoms with E-state index in [0.717, 1.165) is 21.7 Å². The number of ether oxygens (including phenoxy) is 1. The van der Waals surface area contributed by atoms with Gasteiger partial charge in [0, 0.05) is 10.6 Å². The van der Waals surface area contributed by atoms with E-state index in [0.29, 0.717) is 0 Å². The SMILES string of the molecule is Cc1ccc(NC(=O)COC(=O)Cc2cccs2)c(C)c1. The van der Waals surface area contributed by atoms with Crippen LogP contribution in [-0.4, -0.2) is 18.5 Å². The Morgan fingerprint density at radius 1 is 1.24 bits per heavy atom. The molecule has 2 rings (SSSR count). The molecule has 21 heavy (non-hydrogen) atoms. The minimum absolute atomic E-state index is 0.203. The molecular weight excluding hydrogens is 286 g/mol. The number of thiophene rings is 1. The first kappa shape index (κ1) is 15.3. The molecule has 1 amide bonds. The lowest BCUT2D eigenvalue weighted by molar-refractivity contribution is -0.146. The molecule has 0 radical (unpaired) electrons. The fraction of sp³-hybridized carbons (Fsp3) is 0.250. The number of nitrogens with one attached hydrogen (secondary N) is 1. The van der Waals surface area contributed by atoms with E-state index in [2.05, 4.69) is 5.32 Å². The number of rotatable bonds is 5. The van der Waals surface area contributed by atoms with E-state index in [1.165, 1.54) is 11.3 Å². The zero-order chi connectivity index (χ0) is 15.2. The molecule has 1 aromatic carbocycles. The van der Waals surface area contributed by atoms with Crippen molar-refractivity contribution in [2.75, 3.05) is 11.9 Å². The summed E-state index contributed by atoms with van der Waals surface area (Å²) < 4.78 is 4.97. The Bertz CT molecular complexity index is 635. The molecular formula is C16H17NO3S. The molecule has 0 unspecified atom stereocenters. The molecule has 0 aliphatic rings. The molecule has 0 aliphatic carbocycles. The minimum Gasteiger partial charge on any atom is -0.455 e. The average Bonchev–Trinajstić information content (AvgIpc) is 2.92. The lowest BCUT2D eigenvalue weighted by Crippen LogP contribution is -2.21. The largest absolute Gasteiger partial charge is 0.455 e. The highest BCUT2D eigenvalue weighted by Gasteiger charge is 2.10. The standard InChI is InChI=1S/C16H17NO3S/c1-11-5-6-14(12(2)8-11)17-15(18)10-20-16(19)9-13-4-3-7-21-13/h3-8H,9-10H2,1-2H3,(H,17,18). The van der Waals surface area contributed by atoms with Crippen LogP contribution in [0.25, 0.3) is 0 Å². The van der Waals surface area contributed by atoms with Crippen LogP contribution in [0.4, 0.5) is 5.69 Å². The number of anilines is 1. The van der Waals surface area contributed by atoms with Gasteiger partial charge in [0.25, 0.3) is 5.91 Å². The third-order valence-corrected chi connectivity index (χ3v) is 3.80. The highest BCUT2D eigenvalue weighted by Crippen LogP contribution is 2.16. The quantitative estimate of drug-likeness (QED) is 0.864. The van der Waals surface area contributed by atoms with Gasteiger partial charge in [-0.25, -0.2) is 0 Å². The van der Waals surface area contributed by atoms with Gasteiger partial charge in [-0.15, -0.1) is 11.3 Å². The van der Waals surface area contributed by atoms with Crippen LogP contribution in [0, 0.1) is 13.8 Å². The second-order valence-electron chi connectivity index (χ2n) is 4.78. The van der Waals surface area contributed by atoms with E-state index >= 15 is 0 Å². The van der Waals surface area contributed by atoms with Crippen molar-refractivity contribution in [2.45, 2.75) is 20.3 Å². The summed E-state index contributed by atoms with van der Waals surface area (Å²) in [5, 5.41) is 4.64. The number of aryl methyl sites for hydroxylation is 2. The van der Waals surface area contributed by atoms with Crippen molar-refractivity contribution in [1.29, 1.82) is 0 Å². The first-order valence-corrected chi connectivity index (χ1v) is 7.47. The molecule has 0 atom stereocenters. The lowest BCUT2D eigenvalue weighted by Gasteiger charge is -2.09. The van der Waals surface area contributed by atoms with Gasteiger partial charge in [0.1, 0.15) is 0 Å². The third-order valence-electron chi connectivity index (χ3n) is 2.92. The zero-order valence-electron chi connectivity index (χ0n) is 12.0. The van der Waals surface area contributed by atoms with Crippen molar-refractivity contribution in [3.63, 3.8) is 0 Å². The summed E-state index contributed by atoms with van der Waals surface area (Å²) in [6.45, 7) is 3.65. The van der Waals surface area contributed by atoms with Gasteiger partial charge in [-0.05, 0) is 36.9 Å². The molecule has 1 N–H and O–H groups in total. The number of carbonyl (C=O) groups is 2. The number of amides is 1. The van der Waals surface area contributed by atoms with Crippen LogP contribution in [0.3, 0.4) is 0 Å². The molecule has 110 valence electrons. The fourth-order valence-corrected chi connectivity index (χ4v) is 2.58. The number of hydrogen-bond donors (Lipinski definition) is 1. The highest BCUT2D eigenvalue weighted by atomic mass is 32.1. The van der Waals surface area contributed by atoms with Gasteiger partial charge in [0.05, 0.1) is 6.42 Å². The summed E-state index contributed by atoms with van der Waals surface area (Å²) in [5.74, 6) is -0.727. The molecule has 2 aromatic rings. The van der Waals surface area contributed by atoms with Crippen LogP contribution in [-0.2, 0) is 20.7 Å². The van der Waals surface area contributed by atoms with Crippen molar-refractivity contribution in [3.8, 4) is 0 Å². The van der Waals surface area contributed by atoms with E-state index in [4.69, 9.17) is 4.74 Å². The Balaban J connectivity index is 1.80. The molecule has 0 fully saturated rings. The minimum atomic E-state index is -0.395. The second-order valence-corrected chi connectivity index (χ2v) is 5.82. The zero-order valence-corrected chi connectivity index (χ0v) is 12.8. The summed E-state index contributed by atoms with van der Waals surface area (Å²) in [5.41, 5.74) is 2.85. The first-order chi connectivity index (χ1) is 10.0. The van der Waals surface area contributed by atoms with E-state index in [1.54, 1.807) is 0 Å². The van der Waals surface area contributed by atoms with Crippen LogP contribution in [0.15, 0.2) is 35.7 Å². The summed E-state index contributed by atoms with van der Waals surface area (Å²) in [6.07, 6.45) is 0.203. The predicted octanol–water partition coefficient (Wildman–Crippen LogP) is 3.09. The van der Waals surface area contributed by atoms with E-state index in [1.807, 2.05) is 49.6 Å². The molecule has 1 aromatic heterocycles. The van der Waals surface area contributed by atoms with Crippen LogP contribution in [0.1, 0.15) is 16.0 Å². The van der Waals surface area contributed by atoms with Crippen LogP contribution in [0.5, 0.6) is 0 Å². The van der Waals surface area contributed by atoms with Gasteiger partial charge in [0.15, 0.2) is 6.61 Å². The maximum absolute atomic E-state index is 11.8. The molecule has 0 spiro atoms. The molecule has 5 heteroatoms. The summed E-state index contributed by atoms with van der Waals surface area (Å²) >= 11 is 1.49. The lowest BCUT2D eigenvalue weighted by atomic mass is 10.1. The van der Waals surface area contributed by atoms with Gasteiger partial charge in [0.2, 0.25) is 0 Å². The van der Waals surface area contributed by atoms with Crippen molar-refractivity contribution in [2.24, 2.45) is 0 Å². The number of benzene rings is 1. The molecule has 4 nitrogen and oxygen atoms in total.